The Balaban J connectivity index is 2.65. The van der Waals surface area contributed by atoms with Crippen molar-refractivity contribution in [2.24, 2.45) is 5.92 Å². The number of aliphatic carboxylic acids is 1. The summed E-state index contributed by atoms with van der Waals surface area (Å²) in [6, 6.07) is -0.588. The number of nitrogens with zero attached hydrogens (tertiary/aromatic N) is 1. The maximum Gasteiger partial charge on any atom is 0.326 e. The van der Waals surface area contributed by atoms with Gasteiger partial charge in [-0.1, -0.05) is 13.8 Å². The van der Waals surface area contributed by atoms with Crippen LogP contribution in [0.5, 0.6) is 0 Å². The highest BCUT2D eigenvalue weighted by Crippen LogP contribution is 2.19. The largest absolute Gasteiger partial charge is 0.480 e. The van der Waals surface area contributed by atoms with Crippen molar-refractivity contribution < 1.29 is 14.7 Å². The minimum atomic E-state index is -0.883. The van der Waals surface area contributed by atoms with Crippen molar-refractivity contribution in [1.29, 1.82) is 0 Å². The second kappa shape index (κ2) is 3.77. The van der Waals surface area contributed by atoms with Crippen molar-refractivity contribution in [3.63, 3.8) is 0 Å². The SMILES string of the molecule is CC(C)CN1C(=O)CC[C@H]1C(=O)O. The quantitative estimate of drug-likeness (QED) is 0.704. The van der Waals surface area contributed by atoms with Crippen LogP contribution in [-0.2, 0) is 9.59 Å². The maximum atomic E-state index is 11.3. The summed E-state index contributed by atoms with van der Waals surface area (Å²) in [4.78, 5) is 23.5. The summed E-state index contributed by atoms with van der Waals surface area (Å²) in [6.45, 7) is 4.50. The van der Waals surface area contributed by atoms with Gasteiger partial charge in [-0.3, -0.25) is 4.79 Å². The number of likely N-dealkylation sites (tertiary alicyclic amines) is 1. The van der Waals surface area contributed by atoms with Crippen LogP contribution in [0.1, 0.15) is 26.7 Å². The fourth-order valence-corrected chi connectivity index (χ4v) is 1.61. The Hall–Kier alpha value is -1.06. The van der Waals surface area contributed by atoms with Gasteiger partial charge in [0.15, 0.2) is 0 Å². The van der Waals surface area contributed by atoms with Crippen molar-refractivity contribution in [1.82, 2.24) is 4.90 Å². The predicted octanol–water partition coefficient (Wildman–Crippen LogP) is 0.718. The number of carboxylic acids is 1. The molecule has 1 heterocycles. The third kappa shape index (κ3) is 2.20. The van der Waals surface area contributed by atoms with E-state index in [0.717, 1.165) is 0 Å². The lowest BCUT2D eigenvalue weighted by Gasteiger charge is -2.23. The summed E-state index contributed by atoms with van der Waals surface area (Å²) < 4.78 is 0. The van der Waals surface area contributed by atoms with Gasteiger partial charge in [-0.05, 0) is 12.3 Å². The first-order chi connectivity index (χ1) is 6.02. The number of hydrogen-bond acceptors (Lipinski definition) is 2. The first kappa shape index (κ1) is 10.0. The summed E-state index contributed by atoms with van der Waals surface area (Å²) >= 11 is 0. The number of carbonyl (C=O) groups is 2. The molecule has 0 aromatic rings. The van der Waals surface area contributed by atoms with Crippen LogP contribution >= 0.6 is 0 Å². The second-order valence-corrected chi connectivity index (χ2v) is 3.83. The summed E-state index contributed by atoms with van der Waals surface area (Å²) in [7, 11) is 0. The zero-order chi connectivity index (χ0) is 10.0. The van der Waals surface area contributed by atoms with Gasteiger partial charge in [0.05, 0.1) is 0 Å². The molecule has 0 saturated carbocycles. The molecule has 1 fully saturated rings. The number of carboxylic acid groups (broad SMARTS) is 1. The molecule has 1 atom stereocenters. The van der Waals surface area contributed by atoms with E-state index in [2.05, 4.69) is 0 Å². The highest BCUT2D eigenvalue weighted by molar-refractivity contribution is 5.87. The molecule has 1 N–H and O–H groups in total. The predicted molar refractivity (Wildman–Crippen MR) is 47.2 cm³/mol. The molecule has 4 heteroatoms. The molecular weight excluding hydrogens is 170 g/mol. The van der Waals surface area contributed by atoms with Crippen molar-refractivity contribution in [2.45, 2.75) is 32.7 Å². The lowest BCUT2D eigenvalue weighted by molar-refractivity contribution is -0.146. The molecule has 13 heavy (non-hydrogen) atoms. The van der Waals surface area contributed by atoms with Crippen LogP contribution in [-0.4, -0.2) is 34.5 Å². The molecule has 1 amide bonds. The highest BCUT2D eigenvalue weighted by atomic mass is 16.4. The van der Waals surface area contributed by atoms with Gasteiger partial charge in [0, 0.05) is 13.0 Å². The molecule has 0 aromatic heterocycles. The third-order valence-electron chi connectivity index (χ3n) is 2.18. The van der Waals surface area contributed by atoms with Crippen molar-refractivity contribution in [3.05, 3.63) is 0 Å². The summed E-state index contributed by atoms with van der Waals surface area (Å²) in [5, 5.41) is 8.82. The van der Waals surface area contributed by atoms with E-state index in [0.29, 0.717) is 25.3 Å². The molecule has 0 unspecified atom stereocenters. The third-order valence-corrected chi connectivity index (χ3v) is 2.18. The highest BCUT2D eigenvalue weighted by Gasteiger charge is 2.35. The van der Waals surface area contributed by atoms with E-state index in [1.165, 1.54) is 4.90 Å². The van der Waals surface area contributed by atoms with E-state index in [1.54, 1.807) is 0 Å². The Morgan fingerprint density at radius 2 is 2.31 bits per heavy atom. The first-order valence-electron chi connectivity index (χ1n) is 4.54. The fraction of sp³-hybridized carbons (Fsp3) is 0.778. The van der Waals surface area contributed by atoms with E-state index in [9.17, 15) is 9.59 Å². The van der Waals surface area contributed by atoms with Crippen LogP contribution in [0.3, 0.4) is 0 Å². The Kier molecular flexibility index (Phi) is 2.90. The number of carbonyl (C=O) groups excluding carboxylic acids is 1. The first-order valence-corrected chi connectivity index (χ1v) is 4.54. The minimum absolute atomic E-state index is 0.0268. The van der Waals surface area contributed by atoms with Gasteiger partial charge in [0.2, 0.25) is 5.91 Å². The van der Waals surface area contributed by atoms with Gasteiger partial charge in [-0.15, -0.1) is 0 Å². The Bertz CT molecular complexity index is 225. The number of hydrogen-bond donors (Lipinski definition) is 1. The van der Waals surface area contributed by atoms with Crippen molar-refractivity contribution in [2.75, 3.05) is 6.54 Å². The van der Waals surface area contributed by atoms with Gasteiger partial charge in [-0.25, -0.2) is 4.79 Å². The molecule has 0 aromatic carbocycles. The topological polar surface area (TPSA) is 57.6 Å². The Labute approximate surface area is 77.5 Å². The van der Waals surface area contributed by atoms with Crippen molar-refractivity contribution in [3.8, 4) is 0 Å². The summed E-state index contributed by atoms with van der Waals surface area (Å²) in [6.07, 6.45) is 0.838. The maximum absolute atomic E-state index is 11.3. The van der Waals surface area contributed by atoms with Crippen LogP contribution in [0.2, 0.25) is 0 Å². The molecule has 0 bridgehead atoms. The van der Waals surface area contributed by atoms with Gasteiger partial charge >= 0.3 is 5.97 Å². The number of rotatable bonds is 3. The smallest absolute Gasteiger partial charge is 0.326 e. The van der Waals surface area contributed by atoms with Crippen LogP contribution in [0.25, 0.3) is 0 Å². The van der Waals surface area contributed by atoms with Crippen LogP contribution in [0, 0.1) is 5.92 Å². The fourth-order valence-electron chi connectivity index (χ4n) is 1.61. The number of amides is 1. The van der Waals surface area contributed by atoms with Gasteiger partial charge < -0.3 is 10.0 Å². The lowest BCUT2D eigenvalue weighted by atomic mass is 10.2. The Morgan fingerprint density at radius 3 is 2.77 bits per heavy atom. The Morgan fingerprint density at radius 1 is 1.69 bits per heavy atom. The molecule has 4 nitrogen and oxygen atoms in total. The van der Waals surface area contributed by atoms with Crippen LogP contribution in [0.4, 0.5) is 0 Å². The standard InChI is InChI=1S/C9H15NO3/c1-6(2)5-10-7(9(12)13)3-4-8(10)11/h6-7H,3-5H2,1-2H3,(H,12,13)/t7-/m0/s1. The molecule has 0 aliphatic carbocycles. The van der Waals surface area contributed by atoms with Gasteiger partial charge in [0.1, 0.15) is 6.04 Å². The van der Waals surface area contributed by atoms with Crippen molar-refractivity contribution >= 4 is 11.9 Å². The molecule has 1 rings (SSSR count). The normalized spacial score (nSPS) is 22.8. The minimum Gasteiger partial charge on any atom is -0.480 e. The summed E-state index contributed by atoms with van der Waals surface area (Å²) in [5.41, 5.74) is 0. The molecule has 1 saturated heterocycles. The second-order valence-electron chi connectivity index (χ2n) is 3.83. The molecule has 1 aliphatic rings. The lowest BCUT2D eigenvalue weighted by Crippen LogP contribution is -2.40. The summed E-state index contributed by atoms with van der Waals surface area (Å²) in [5.74, 6) is -0.587. The average molecular weight is 185 g/mol. The van der Waals surface area contributed by atoms with E-state index in [4.69, 9.17) is 5.11 Å². The monoisotopic (exact) mass is 185 g/mol. The molecule has 74 valence electrons. The molecule has 0 radical (unpaired) electrons. The van der Waals surface area contributed by atoms with Crippen LogP contribution in [0.15, 0.2) is 0 Å². The van der Waals surface area contributed by atoms with E-state index >= 15 is 0 Å². The zero-order valence-corrected chi connectivity index (χ0v) is 7.99. The average Bonchev–Trinajstić information content (AvgIpc) is 2.32. The van der Waals surface area contributed by atoms with Gasteiger partial charge in [0.25, 0.3) is 0 Å². The zero-order valence-electron chi connectivity index (χ0n) is 7.99. The van der Waals surface area contributed by atoms with E-state index in [1.807, 2.05) is 13.8 Å². The molecular formula is C9H15NO3. The van der Waals surface area contributed by atoms with E-state index < -0.39 is 12.0 Å². The van der Waals surface area contributed by atoms with E-state index in [-0.39, 0.29) is 5.91 Å². The molecule has 1 aliphatic heterocycles. The van der Waals surface area contributed by atoms with Crippen LogP contribution < -0.4 is 0 Å². The molecule has 0 spiro atoms. The van der Waals surface area contributed by atoms with Gasteiger partial charge in [-0.2, -0.15) is 0 Å².